The van der Waals surface area contributed by atoms with E-state index in [1.165, 1.54) is 12.0 Å². The molecule has 1 saturated heterocycles. The van der Waals surface area contributed by atoms with E-state index in [4.69, 9.17) is 0 Å². The Kier molecular flexibility index (Phi) is 8.64. The Balaban J connectivity index is 0.00000264. The minimum atomic E-state index is 0. The smallest absolute Gasteiger partial charge is 0.226 e. The highest BCUT2D eigenvalue weighted by Gasteiger charge is 2.30. The largest absolute Gasteiger partial charge is 0.342 e. The molecule has 0 aromatic heterocycles. The van der Waals surface area contributed by atoms with Crippen molar-refractivity contribution in [1.29, 1.82) is 0 Å². The summed E-state index contributed by atoms with van der Waals surface area (Å²) < 4.78 is 0. The highest BCUT2D eigenvalue weighted by atomic mass is 35.5. The normalized spacial score (nSPS) is 19.3. The van der Waals surface area contributed by atoms with Gasteiger partial charge in [0.15, 0.2) is 0 Å². The number of hydrogen-bond donors (Lipinski definition) is 1. The van der Waals surface area contributed by atoms with Gasteiger partial charge in [0.05, 0.1) is 0 Å². The summed E-state index contributed by atoms with van der Waals surface area (Å²) in [4.78, 5) is 15.1. The lowest BCUT2D eigenvalue weighted by Crippen LogP contribution is -2.46. The van der Waals surface area contributed by atoms with Gasteiger partial charge in [-0.15, -0.1) is 12.4 Å². The van der Waals surface area contributed by atoms with Gasteiger partial charge in [-0.2, -0.15) is 0 Å². The van der Waals surface area contributed by atoms with Gasteiger partial charge in [-0.05, 0) is 50.3 Å². The summed E-state index contributed by atoms with van der Waals surface area (Å²) in [6.07, 6.45) is 3.22. The molecule has 0 radical (unpaired) electrons. The number of halogens is 1. The van der Waals surface area contributed by atoms with Crippen LogP contribution in [0, 0.1) is 17.8 Å². The van der Waals surface area contributed by atoms with Gasteiger partial charge in [0.25, 0.3) is 0 Å². The number of piperidine rings is 1. The van der Waals surface area contributed by atoms with Crippen LogP contribution in [0.5, 0.6) is 0 Å². The molecule has 1 aliphatic rings. The van der Waals surface area contributed by atoms with E-state index in [-0.39, 0.29) is 18.3 Å². The standard InChI is InChI=1S/C19H30N2O.ClH/c1-15(2)18(12-16-8-5-4-6-9-16)19(22)21-11-7-10-17(14-21)13-20-3;/h4-6,8-9,15,17-18,20H,7,10-14H2,1-3H3;1H. The van der Waals surface area contributed by atoms with E-state index in [9.17, 15) is 4.79 Å². The number of nitrogens with one attached hydrogen (secondary N) is 1. The van der Waals surface area contributed by atoms with E-state index in [0.717, 1.165) is 32.5 Å². The molecule has 1 aliphatic heterocycles. The highest BCUT2D eigenvalue weighted by Crippen LogP contribution is 2.24. The van der Waals surface area contributed by atoms with Crippen LogP contribution in [0.15, 0.2) is 30.3 Å². The Morgan fingerprint density at radius 1 is 1.30 bits per heavy atom. The van der Waals surface area contributed by atoms with Crippen LogP contribution in [0.2, 0.25) is 0 Å². The molecule has 1 amide bonds. The fourth-order valence-electron chi connectivity index (χ4n) is 3.43. The molecule has 0 bridgehead atoms. The number of carbonyl (C=O) groups excluding carboxylic acids is 1. The first-order valence-corrected chi connectivity index (χ1v) is 8.59. The van der Waals surface area contributed by atoms with Crippen molar-refractivity contribution < 1.29 is 4.79 Å². The molecule has 23 heavy (non-hydrogen) atoms. The number of carbonyl (C=O) groups is 1. The fourth-order valence-corrected chi connectivity index (χ4v) is 3.43. The third-order valence-electron chi connectivity index (χ3n) is 4.74. The quantitative estimate of drug-likeness (QED) is 0.862. The molecular weight excluding hydrogens is 308 g/mol. The van der Waals surface area contributed by atoms with Crippen LogP contribution >= 0.6 is 12.4 Å². The minimum Gasteiger partial charge on any atom is -0.342 e. The molecule has 2 rings (SSSR count). The predicted octanol–water partition coefficient (Wildman–Crippen LogP) is 3.38. The summed E-state index contributed by atoms with van der Waals surface area (Å²) in [7, 11) is 1.99. The maximum atomic E-state index is 13.0. The van der Waals surface area contributed by atoms with Crippen LogP contribution in [0.1, 0.15) is 32.3 Å². The van der Waals surface area contributed by atoms with E-state index in [1.54, 1.807) is 0 Å². The van der Waals surface area contributed by atoms with Crippen LogP contribution in [0.4, 0.5) is 0 Å². The molecule has 2 unspecified atom stereocenters. The maximum Gasteiger partial charge on any atom is 0.226 e. The second kappa shape index (κ2) is 9.94. The van der Waals surface area contributed by atoms with Crippen molar-refractivity contribution in [2.45, 2.75) is 33.1 Å². The molecule has 1 N–H and O–H groups in total. The van der Waals surface area contributed by atoms with Gasteiger partial charge in [-0.25, -0.2) is 0 Å². The lowest BCUT2D eigenvalue weighted by atomic mass is 9.86. The minimum absolute atomic E-state index is 0. The molecule has 4 heteroatoms. The molecule has 0 saturated carbocycles. The predicted molar refractivity (Wildman–Crippen MR) is 99.0 cm³/mol. The molecule has 3 nitrogen and oxygen atoms in total. The van der Waals surface area contributed by atoms with Crippen LogP contribution in [-0.2, 0) is 11.2 Å². The summed E-state index contributed by atoms with van der Waals surface area (Å²) in [5.74, 6) is 1.42. The highest BCUT2D eigenvalue weighted by molar-refractivity contribution is 5.85. The zero-order chi connectivity index (χ0) is 15.9. The number of rotatable bonds is 6. The van der Waals surface area contributed by atoms with Crippen molar-refractivity contribution in [3.05, 3.63) is 35.9 Å². The van der Waals surface area contributed by atoms with Crippen LogP contribution in [0.3, 0.4) is 0 Å². The van der Waals surface area contributed by atoms with E-state index in [2.05, 4.69) is 48.3 Å². The molecule has 1 aromatic carbocycles. The molecular formula is C19H31ClN2O. The first kappa shape index (κ1) is 20.0. The molecule has 0 aliphatic carbocycles. The molecule has 0 spiro atoms. The maximum absolute atomic E-state index is 13.0. The Morgan fingerprint density at radius 3 is 2.61 bits per heavy atom. The lowest BCUT2D eigenvalue weighted by molar-refractivity contribution is -0.138. The zero-order valence-electron chi connectivity index (χ0n) is 14.6. The van der Waals surface area contributed by atoms with Gasteiger partial charge in [0, 0.05) is 19.0 Å². The SMILES string of the molecule is CNCC1CCCN(C(=O)C(Cc2ccccc2)C(C)C)C1.Cl. The topological polar surface area (TPSA) is 32.3 Å². The second-order valence-corrected chi connectivity index (χ2v) is 6.89. The van der Waals surface area contributed by atoms with Gasteiger partial charge >= 0.3 is 0 Å². The van der Waals surface area contributed by atoms with Crippen molar-refractivity contribution in [2.24, 2.45) is 17.8 Å². The van der Waals surface area contributed by atoms with Gasteiger partial charge in [0.2, 0.25) is 5.91 Å². The summed E-state index contributed by atoms with van der Waals surface area (Å²) in [5, 5.41) is 3.25. The average Bonchev–Trinajstić information content (AvgIpc) is 2.53. The van der Waals surface area contributed by atoms with Gasteiger partial charge in [0.1, 0.15) is 0 Å². The Labute approximate surface area is 147 Å². The number of likely N-dealkylation sites (tertiary alicyclic amines) is 1. The molecule has 2 atom stereocenters. The second-order valence-electron chi connectivity index (χ2n) is 6.89. The van der Waals surface area contributed by atoms with Gasteiger partial charge < -0.3 is 10.2 Å². The van der Waals surface area contributed by atoms with E-state index >= 15 is 0 Å². The van der Waals surface area contributed by atoms with E-state index in [1.807, 2.05) is 13.1 Å². The first-order chi connectivity index (χ1) is 10.6. The van der Waals surface area contributed by atoms with Crippen molar-refractivity contribution in [2.75, 3.05) is 26.7 Å². The molecule has 1 heterocycles. The van der Waals surface area contributed by atoms with Crippen molar-refractivity contribution in [3.8, 4) is 0 Å². The van der Waals surface area contributed by atoms with Crippen LogP contribution < -0.4 is 5.32 Å². The summed E-state index contributed by atoms with van der Waals surface area (Å²) in [6.45, 7) is 7.19. The van der Waals surface area contributed by atoms with Crippen LogP contribution in [0.25, 0.3) is 0 Å². The van der Waals surface area contributed by atoms with Crippen LogP contribution in [-0.4, -0.2) is 37.5 Å². The monoisotopic (exact) mass is 338 g/mol. The lowest BCUT2D eigenvalue weighted by Gasteiger charge is -2.36. The zero-order valence-corrected chi connectivity index (χ0v) is 15.4. The summed E-state index contributed by atoms with van der Waals surface area (Å²) >= 11 is 0. The molecule has 1 aromatic rings. The third-order valence-corrected chi connectivity index (χ3v) is 4.74. The van der Waals surface area contributed by atoms with E-state index < -0.39 is 0 Å². The molecule has 1 fully saturated rings. The Morgan fingerprint density at radius 2 is 2.00 bits per heavy atom. The van der Waals surface area contributed by atoms with Crippen molar-refractivity contribution in [1.82, 2.24) is 10.2 Å². The van der Waals surface area contributed by atoms with Crippen molar-refractivity contribution >= 4 is 18.3 Å². The summed E-state index contributed by atoms with van der Waals surface area (Å²) in [6, 6.07) is 10.4. The molecule has 130 valence electrons. The number of amides is 1. The Bertz CT molecular complexity index is 462. The number of benzene rings is 1. The van der Waals surface area contributed by atoms with E-state index in [0.29, 0.717) is 17.7 Å². The fraction of sp³-hybridized carbons (Fsp3) is 0.632. The van der Waals surface area contributed by atoms with Gasteiger partial charge in [-0.3, -0.25) is 4.79 Å². The first-order valence-electron chi connectivity index (χ1n) is 8.59. The average molecular weight is 339 g/mol. The number of nitrogens with zero attached hydrogens (tertiary/aromatic N) is 1. The van der Waals surface area contributed by atoms with Crippen molar-refractivity contribution in [3.63, 3.8) is 0 Å². The summed E-state index contributed by atoms with van der Waals surface area (Å²) in [5.41, 5.74) is 1.26. The number of hydrogen-bond acceptors (Lipinski definition) is 2. The van der Waals surface area contributed by atoms with Gasteiger partial charge in [-0.1, -0.05) is 44.2 Å². The third kappa shape index (κ3) is 5.82. The Hall–Kier alpha value is -1.06.